The first-order valence-electron chi connectivity index (χ1n) is 5.67. The quantitative estimate of drug-likeness (QED) is 0.748. The lowest BCUT2D eigenvalue weighted by molar-refractivity contribution is 0.295. The van der Waals surface area contributed by atoms with Crippen LogP contribution < -0.4 is 10.1 Å². The SMILES string of the molecule is CCCCCOc1nc(NCC)ncc1Cl. The number of nitrogens with zero attached hydrogens (tertiary/aromatic N) is 2. The van der Waals surface area contributed by atoms with Gasteiger partial charge >= 0.3 is 0 Å². The molecule has 0 aliphatic heterocycles. The minimum atomic E-state index is 0.457. The van der Waals surface area contributed by atoms with Crippen LogP contribution in [0.3, 0.4) is 0 Å². The van der Waals surface area contributed by atoms with Crippen molar-refractivity contribution < 1.29 is 4.74 Å². The molecule has 0 spiro atoms. The maximum Gasteiger partial charge on any atom is 0.237 e. The lowest BCUT2D eigenvalue weighted by atomic mass is 10.3. The van der Waals surface area contributed by atoms with E-state index in [-0.39, 0.29) is 0 Å². The van der Waals surface area contributed by atoms with E-state index in [1.54, 1.807) is 6.20 Å². The van der Waals surface area contributed by atoms with E-state index in [2.05, 4.69) is 22.2 Å². The zero-order valence-corrected chi connectivity index (χ0v) is 10.5. The molecule has 0 fully saturated rings. The van der Waals surface area contributed by atoms with Gasteiger partial charge in [0.1, 0.15) is 5.02 Å². The molecule has 1 aromatic heterocycles. The number of ether oxygens (including phenoxy) is 1. The van der Waals surface area contributed by atoms with Crippen molar-refractivity contribution >= 4 is 17.5 Å². The summed E-state index contributed by atoms with van der Waals surface area (Å²) in [5.41, 5.74) is 0. The summed E-state index contributed by atoms with van der Waals surface area (Å²) in [6, 6.07) is 0. The molecule has 90 valence electrons. The number of anilines is 1. The van der Waals surface area contributed by atoms with Gasteiger partial charge in [-0.25, -0.2) is 4.98 Å². The first-order valence-corrected chi connectivity index (χ1v) is 6.05. The Kier molecular flexibility index (Phi) is 5.93. The molecular formula is C11H18ClN3O. The monoisotopic (exact) mass is 243 g/mol. The van der Waals surface area contributed by atoms with Crippen LogP contribution >= 0.6 is 11.6 Å². The maximum atomic E-state index is 5.93. The summed E-state index contributed by atoms with van der Waals surface area (Å²) in [5, 5.41) is 3.47. The molecular weight excluding hydrogens is 226 g/mol. The van der Waals surface area contributed by atoms with E-state index in [1.165, 1.54) is 6.42 Å². The number of rotatable bonds is 7. The van der Waals surface area contributed by atoms with E-state index in [0.717, 1.165) is 19.4 Å². The van der Waals surface area contributed by atoms with Gasteiger partial charge in [-0.15, -0.1) is 0 Å². The number of unbranched alkanes of at least 4 members (excludes halogenated alkanes) is 2. The van der Waals surface area contributed by atoms with Crippen molar-refractivity contribution in [2.45, 2.75) is 33.1 Å². The predicted octanol–water partition coefficient (Wildman–Crippen LogP) is 3.13. The number of nitrogens with one attached hydrogen (secondary N) is 1. The van der Waals surface area contributed by atoms with E-state index >= 15 is 0 Å². The Morgan fingerprint density at radius 3 is 2.88 bits per heavy atom. The molecule has 0 amide bonds. The van der Waals surface area contributed by atoms with Gasteiger partial charge in [0, 0.05) is 6.54 Å². The standard InChI is InChI=1S/C11H18ClN3O/c1-3-5-6-7-16-10-9(12)8-14-11(15-10)13-4-2/h8H,3-7H2,1-2H3,(H,13,14,15). The summed E-state index contributed by atoms with van der Waals surface area (Å²) in [6.45, 7) is 5.56. The van der Waals surface area contributed by atoms with Crippen molar-refractivity contribution in [2.24, 2.45) is 0 Å². The molecule has 1 heterocycles. The number of halogens is 1. The molecule has 5 heteroatoms. The highest BCUT2D eigenvalue weighted by atomic mass is 35.5. The summed E-state index contributed by atoms with van der Waals surface area (Å²) in [7, 11) is 0. The third-order valence-electron chi connectivity index (χ3n) is 2.03. The van der Waals surface area contributed by atoms with Crippen molar-refractivity contribution in [2.75, 3.05) is 18.5 Å². The van der Waals surface area contributed by atoms with E-state index in [9.17, 15) is 0 Å². The minimum Gasteiger partial charge on any atom is -0.476 e. The molecule has 0 atom stereocenters. The third-order valence-corrected chi connectivity index (χ3v) is 2.29. The second-order valence-electron chi connectivity index (χ2n) is 3.43. The van der Waals surface area contributed by atoms with Crippen LogP contribution in [0.1, 0.15) is 33.1 Å². The molecule has 0 unspecified atom stereocenters. The predicted molar refractivity (Wildman–Crippen MR) is 66.2 cm³/mol. The van der Waals surface area contributed by atoms with E-state index in [1.807, 2.05) is 6.92 Å². The van der Waals surface area contributed by atoms with Crippen molar-refractivity contribution in [3.63, 3.8) is 0 Å². The molecule has 0 radical (unpaired) electrons. The summed E-state index contributed by atoms with van der Waals surface area (Å²) >= 11 is 5.93. The lowest BCUT2D eigenvalue weighted by Gasteiger charge is -2.08. The average molecular weight is 244 g/mol. The molecule has 0 aliphatic carbocycles. The van der Waals surface area contributed by atoms with Crippen molar-refractivity contribution in [1.29, 1.82) is 0 Å². The Hall–Kier alpha value is -1.03. The van der Waals surface area contributed by atoms with Crippen LogP contribution in [-0.4, -0.2) is 23.1 Å². The van der Waals surface area contributed by atoms with Crippen LogP contribution in [0, 0.1) is 0 Å². The molecule has 4 nitrogen and oxygen atoms in total. The van der Waals surface area contributed by atoms with Crippen LogP contribution in [0.5, 0.6) is 5.88 Å². The molecule has 1 aromatic rings. The maximum absolute atomic E-state index is 5.93. The smallest absolute Gasteiger partial charge is 0.237 e. The Morgan fingerprint density at radius 1 is 1.38 bits per heavy atom. The van der Waals surface area contributed by atoms with Gasteiger partial charge in [-0.2, -0.15) is 4.98 Å². The van der Waals surface area contributed by atoms with Gasteiger partial charge < -0.3 is 10.1 Å². The van der Waals surface area contributed by atoms with Gasteiger partial charge in [-0.1, -0.05) is 31.4 Å². The van der Waals surface area contributed by atoms with E-state index in [4.69, 9.17) is 16.3 Å². The fourth-order valence-corrected chi connectivity index (χ4v) is 1.36. The summed E-state index contributed by atoms with van der Waals surface area (Å²) in [6.07, 6.45) is 4.90. The summed E-state index contributed by atoms with van der Waals surface area (Å²) in [5.74, 6) is 1.01. The van der Waals surface area contributed by atoms with Gasteiger partial charge in [0.25, 0.3) is 0 Å². The first-order chi connectivity index (χ1) is 7.77. The normalized spacial score (nSPS) is 10.2. The van der Waals surface area contributed by atoms with Crippen molar-refractivity contribution in [3.8, 4) is 5.88 Å². The third kappa shape index (κ3) is 4.23. The van der Waals surface area contributed by atoms with Gasteiger partial charge in [0.05, 0.1) is 12.8 Å². The molecule has 0 aromatic carbocycles. The van der Waals surface area contributed by atoms with Crippen molar-refractivity contribution in [1.82, 2.24) is 9.97 Å². The number of hydrogen-bond donors (Lipinski definition) is 1. The molecule has 0 bridgehead atoms. The van der Waals surface area contributed by atoms with Gasteiger partial charge in [-0.3, -0.25) is 0 Å². The highest BCUT2D eigenvalue weighted by molar-refractivity contribution is 6.31. The van der Waals surface area contributed by atoms with Crippen molar-refractivity contribution in [3.05, 3.63) is 11.2 Å². The van der Waals surface area contributed by atoms with Crippen LogP contribution in [0.4, 0.5) is 5.95 Å². The minimum absolute atomic E-state index is 0.457. The molecule has 1 N–H and O–H groups in total. The van der Waals surface area contributed by atoms with Crippen LogP contribution in [-0.2, 0) is 0 Å². The van der Waals surface area contributed by atoms with E-state index in [0.29, 0.717) is 23.5 Å². The number of hydrogen-bond acceptors (Lipinski definition) is 4. The topological polar surface area (TPSA) is 47.0 Å². The summed E-state index contributed by atoms with van der Waals surface area (Å²) in [4.78, 5) is 8.22. The lowest BCUT2D eigenvalue weighted by Crippen LogP contribution is -2.05. The van der Waals surface area contributed by atoms with Gasteiger partial charge in [0.2, 0.25) is 11.8 Å². The molecule has 0 saturated carbocycles. The highest BCUT2D eigenvalue weighted by Crippen LogP contribution is 2.21. The zero-order chi connectivity index (χ0) is 11.8. The van der Waals surface area contributed by atoms with E-state index < -0.39 is 0 Å². The second-order valence-corrected chi connectivity index (χ2v) is 3.84. The van der Waals surface area contributed by atoms with Crippen LogP contribution in [0.25, 0.3) is 0 Å². The zero-order valence-electron chi connectivity index (χ0n) is 9.79. The molecule has 0 saturated heterocycles. The molecule has 1 rings (SSSR count). The van der Waals surface area contributed by atoms with Crippen LogP contribution in [0.2, 0.25) is 5.02 Å². The average Bonchev–Trinajstić information content (AvgIpc) is 2.29. The Bertz CT molecular complexity index is 320. The second kappa shape index (κ2) is 7.28. The molecule has 16 heavy (non-hydrogen) atoms. The number of aromatic nitrogens is 2. The van der Waals surface area contributed by atoms with Gasteiger partial charge in [0.15, 0.2) is 0 Å². The van der Waals surface area contributed by atoms with Crippen LogP contribution in [0.15, 0.2) is 6.20 Å². The largest absolute Gasteiger partial charge is 0.476 e. The Balaban J connectivity index is 2.52. The fourth-order valence-electron chi connectivity index (χ4n) is 1.22. The highest BCUT2D eigenvalue weighted by Gasteiger charge is 2.05. The summed E-state index contributed by atoms with van der Waals surface area (Å²) < 4.78 is 5.50. The van der Waals surface area contributed by atoms with Gasteiger partial charge in [-0.05, 0) is 13.3 Å². The first kappa shape index (κ1) is 13.0. The Morgan fingerprint density at radius 2 is 2.19 bits per heavy atom. The molecule has 0 aliphatic rings. The fraction of sp³-hybridized carbons (Fsp3) is 0.636. The Labute approximate surface area is 101 Å².